The van der Waals surface area contributed by atoms with Crippen LogP contribution in [0, 0.1) is 37.3 Å². The van der Waals surface area contributed by atoms with Crippen molar-refractivity contribution in [3.05, 3.63) is 59.2 Å². The average molecular weight is 344 g/mol. The largest absolute Gasteiger partial charge is 0.323 e. The van der Waals surface area contributed by atoms with Crippen LogP contribution in [0.15, 0.2) is 36.4 Å². The minimum absolute atomic E-state index is 0.128. The summed E-state index contributed by atoms with van der Waals surface area (Å²) in [4.78, 5) is 24.5. The predicted octanol–water partition coefficient (Wildman–Crippen LogP) is 3.79. The molecule has 3 rings (SSSR count). The summed E-state index contributed by atoms with van der Waals surface area (Å²) in [7, 11) is 0. The summed E-state index contributed by atoms with van der Waals surface area (Å²) in [6, 6.07) is 9.03. The van der Waals surface area contributed by atoms with Crippen LogP contribution in [-0.4, -0.2) is 11.8 Å². The Balaban J connectivity index is 1.64. The Labute approximate surface area is 144 Å². The maximum absolute atomic E-state index is 13.8. The maximum Gasteiger partial charge on any atom is 0.228 e. The molecule has 1 saturated carbocycles. The van der Waals surface area contributed by atoms with Crippen molar-refractivity contribution in [2.45, 2.75) is 20.3 Å². The number of rotatable bonds is 4. The van der Waals surface area contributed by atoms with Gasteiger partial charge < -0.3 is 10.6 Å². The predicted molar refractivity (Wildman–Crippen MR) is 91.1 cm³/mol. The number of hydrogen-bond acceptors (Lipinski definition) is 2. The number of aryl methyl sites for hydroxylation is 2. The second kappa shape index (κ2) is 6.63. The van der Waals surface area contributed by atoms with E-state index in [-0.39, 0.29) is 11.4 Å². The van der Waals surface area contributed by atoms with Crippen molar-refractivity contribution in [1.29, 1.82) is 0 Å². The normalized spacial score (nSPS) is 18.6. The van der Waals surface area contributed by atoms with Crippen LogP contribution in [0.5, 0.6) is 0 Å². The van der Waals surface area contributed by atoms with E-state index in [4.69, 9.17) is 0 Å². The van der Waals surface area contributed by atoms with Gasteiger partial charge in [-0.3, -0.25) is 9.59 Å². The van der Waals surface area contributed by atoms with Crippen LogP contribution in [0.1, 0.15) is 17.5 Å². The zero-order valence-corrected chi connectivity index (χ0v) is 13.9. The SMILES string of the molecule is Cc1cccc(F)c1NC(=O)[C@@H]1C[C@H]1C(=O)Nc1c(C)cccc1F. The molecule has 0 spiro atoms. The summed E-state index contributed by atoms with van der Waals surface area (Å²) in [5.41, 5.74) is 1.47. The van der Waals surface area contributed by atoms with Gasteiger partial charge in [-0.25, -0.2) is 8.78 Å². The Kier molecular flexibility index (Phi) is 4.53. The smallest absolute Gasteiger partial charge is 0.228 e. The van der Waals surface area contributed by atoms with Gasteiger partial charge in [0.05, 0.1) is 23.2 Å². The molecule has 0 heterocycles. The molecule has 0 aromatic heterocycles. The minimum atomic E-state index is -0.536. The highest BCUT2D eigenvalue weighted by molar-refractivity contribution is 6.03. The molecule has 2 aromatic rings. The number of nitrogens with one attached hydrogen (secondary N) is 2. The highest BCUT2D eigenvalue weighted by atomic mass is 19.1. The number of carbonyl (C=O) groups excluding carboxylic acids is 2. The number of carbonyl (C=O) groups is 2. The quantitative estimate of drug-likeness (QED) is 0.886. The molecular weight excluding hydrogens is 326 g/mol. The summed E-state index contributed by atoms with van der Waals surface area (Å²) in [6.07, 6.45) is 0.360. The molecule has 2 N–H and O–H groups in total. The zero-order valence-electron chi connectivity index (χ0n) is 13.9. The van der Waals surface area contributed by atoms with E-state index in [2.05, 4.69) is 10.6 Å². The van der Waals surface area contributed by atoms with Crippen molar-refractivity contribution in [3.8, 4) is 0 Å². The third kappa shape index (κ3) is 3.52. The second-order valence-corrected chi connectivity index (χ2v) is 6.29. The molecule has 1 aliphatic rings. The molecule has 2 amide bonds. The van der Waals surface area contributed by atoms with Crippen molar-refractivity contribution in [2.75, 3.05) is 10.6 Å². The van der Waals surface area contributed by atoms with Crippen LogP contribution in [0.25, 0.3) is 0 Å². The molecule has 0 saturated heterocycles. The molecule has 25 heavy (non-hydrogen) atoms. The van der Waals surface area contributed by atoms with E-state index in [1.807, 2.05) is 0 Å². The molecule has 0 aliphatic heterocycles. The van der Waals surface area contributed by atoms with E-state index in [9.17, 15) is 18.4 Å². The number of hydrogen-bond donors (Lipinski definition) is 2. The number of anilines is 2. The van der Waals surface area contributed by atoms with Crippen LogP contribution in [0.3, 0.4) is 0 Å². The van der Waals surface area contributed by atoms with Crippen LogP contribution in [0.4, 0.5) is 20.2 Å². The van der Waals surface area contributed by atoms with Gasteiger partial charge in [0, 0.05) is 0 Å². The molecule has 4 nitrogen and oxygen atoms in total. The van der Waals surface area contributed by atoms with Gasteiger partial charge in [0.15, 0.2) is 0 Å². The third-order valence-corrected chi connectivity index (χ3v) is 4.40. The van der Waals surface area contributed by atoms with E-state index in [0.29, 0.717) is 17.5 Å². The van der Waals surface area contributed by atoms with Crippen molar-refractivity contribution in [1.82, 2.24) is 0 Å². The first-order valence-corrected chi connectivity index (χ1v) is 8.00. The van der Waals surface area contributed by atoms with Gasteiger partial charge in [0.25, 0.3) is 0 Å². The highest BCUT2D eigenvalue weighted by Crippen LogP contribution is 2.41. The van der Waals surface area contributed by atoms with Crippen LogP contribution >= 0.6 is 0 Å². The number of amides is 2. The zero-order chi connectivity index (χ0) is 18.1. The molecule has 1 aliphatic carbocycles. The van der Waals surface area contributed by atoms with Gasteiger partial charge in [-0.15, -0.1) is 0 Å². The lowest BCUT2D eigenvalue weighted by atomic mass is 10.1. The fourth-order valence-corrected chi connectivity index (χ4v) is 2.79. The summed E-state index contributed by atoms with van der Waals surface area (Å²) in [6.45, 7) is 3.38. The maximum atomic E-state index is 13.8. The van der Waals surface area contributed by atoms with Gasteiger partial charge in [0.2, 0.25) is 11.8 Å². The van der Waals surface area contributed by atoms with Gasteiger partial charge in [0.1, 0.15) is 11.6 Å². The average Bonchev–Trinajstić information content (AvgIpc) is 3.35. The first kappa shape index (κ1) is 17.1. The molecule has 6 heteroatoms. The van der Waals surface area contributed by atoms with E-state index in [1.54, 1.807) is 38.1 Å². The highest BCUT2D eigenvalue weighted by Gasteiger charge is 2.48. The standard InChI is InChI=1S/C19H18F2N2O2/c1-10-5-3-7-14(20)16(10)22-18(24)12-9-13(12)19(25)23-17-11(2)6-4-8-15(17)21/h3-8,12-13H,9H2,1-2H3,(H,22,24)(H,23,25)/t12-,13-/m1/s1. The number of para-hydroxylation sites is 2. The third-order valence-electron chi connectivity index (χ3n) is 4.40. The Hall–Kier alpha value is -2.76. The lowest BCUT2D eigenvalue weighted by molar-refractivity contribution is -0.122. The number of benzene rings is 2. The number of halogens is 2. The summed E-state index contributed by atoms with van der Waals surface area (Å²) >= 11 is 0. The lowest BCUT2D eigenvalue weighted by Gasteiger charge is -2.10. The first-order chi connectivity index (χ1) is 11.9. The molecular formula is C19H18F2N2O2. The van der Waals surface area contributed by atoms with Crippen molar-refractivity contribution in [2.24, 2.45) is 11.8 Å². The molecule has 0 radical (unpaired) electrons. The lowest BCUT2D eigenvalue weighted by Crippen LogP contribution is -2.22. The molecule has 130 valence electrons. The summed E-state index contributed by atoms with van der Waals surface area (Å²) in [5, 5.41) is 5.09. The van der Waals surface area contributed by atoms with E-state index >= 15 is 0 Å². The van der Waals surface area contributed by atoms with Crippen LogP contribution in [0.2, 0.25) is 0 Å². The Morgan fingerprint density at radius 3 is 1.60 bits per heavy atom. The summed E-state index contributed by atoms with van der Waals surface area (Å²) in [5.74, 6) is -2.91. The molecule has 2 atom stereocenters. The van der Waals surface area contributed by atoms with Gasteiger partial charge in [-0.2, -0.15) is 0 Å². The van der Waals surface area contributed by atoms with E-state index in [1.165, 1.54) is 12.1 Å². The Morgan fingerprint density at radius 2 is 1.24 bits per heavy atom. The second-order valence-electron chi connectivity index (χ2n) is 6.29. The van der Waals surface area contributed by atoms with Crippen LogP contribution in [-0.2, 0) is 9.59 Å². The van der Waals surface area contributed by atoms with Gasteiger partial charge in [-0.1, -0.05) is 24.3 Å². The summed E-state index contributed by atoms with van der Waals surface area (Å²) < 4.78 is 27.6. The molecule has 0 unspecified atom stereocenters. The van der Waals surface area contributed by atoms with Crippen molar-refractivity contribution < 1.29 is 18.4 Å². The fraction of sp³-hybridized carbons (Fsp3) is 0.263. The Bertz CT molecular complexity index is 741. The topological polar surface area (TPSA) is 58.2 Å². The van der Waals surface area contributed by atoms with Crippen molar-refractivity contribution >= 4 is 23.2 Å². The van der Waals surface area contributed by atoms with Gasteiger partial charge >= 0.3 is 0 Å². The Morgan fingerprint density at radius 1 is 0.840 bits per heavy atom. The van der Waals surface area contributed by atoms with Gasteiger partial charge in [-0.05, 0) is 43.5 Å². The monoisotopic (exact) mass is 344 g/mol. The first-order valence-electron chi connectivity index (χ1n) is 8.00. The molecule has 2 aromatic carbocycles. The minimum Gasteiger partial charge on any atom is -0.323 e. The fourth-order valence-electron chi connectivity index (χ4n) is 2.79. The van der Waals surface area contributed by atoms with E-state index < -0.39 is 35.3 Å². The molecule has 0 bridgehead atoms. The van der Waals surface area contributed by atoms with Crippen molar-refractivity contribution in [3.63, 3.8) is 0 Å². The molecule has 1 fully saturated rings. The van der Waals surface area contributed by atoms with E-state index in [0.717, 1.165) is 0 Å². The van der Waals surface area contributed by atoms with Crippen LogP contribution < -0.4 is 10.6 Å².